The van der Waals surface area contributed by atoms with Crippen LogP contribution in [0.4, 0.5) is 5.69 Å². The molecule has 0 aliphatic heterocycles. The molecule has 1 aromatic rings. The topological polar surface area (TPSA) is 29.1 Å². The highest BCUT2D eigenvalue weighted by Gasteiger charge is 2.39. The lowest BCUT2D eigenvalue weighted by Gasteiger charge is -2.15. The first-order chi connectivity index (χ1) is 8.13. The molecule has 1 saturated carbocycles. The third kappa shape index (κ3) is 2.68. The van der Waals surface area contributed by atoms with E-state index in [2.05, 4.69) is 32.2 Å². The molecule has 2 nitrogen and oxygen atoms in total. The Labute approximate surface area is 103 Å². The van der Waals surface area contributed by atoms with Crippen molar-refractivity contribution in [3.63, 3.8) is 0 Å². The van der Waals surface area contributed by atoms with Crippen molar-refractivity contribution < 1.29 is 4.79 Å². The fourth-order valence-corrected chi connectivity index (χ4v) is 2.17. The number of rotatable bonds is 4. The predicted molar refractivity (Wildman–Crippen MR) is 71.0 cm³/mol. The molecule has 0 unspecified atom stereocenters. The van der Waals surface area contributed by atoms with Crippen LogP contribution in [0.2, 0.25) is 0 Å². The number of nitrogens with one attached hydrogen (secondary N) is 1. The number of para-hydroxylation sites is 1. The van der Waals surface area contributed by atoms with E-state index < -0.39 is 0 Å². The predicted octanol–water partition coefficient (Wildman–Crippen LogP) is 3.79. The lowest BCUT2D eigenvalue weighted by Crippen LogP contribution is -2.16. The minimum Gasteiger partial charge on any atom is -0.326 e. The van der Waals surface area contributed by atoms with Crippen molar-refractivity contribution in [3.8, 4) is 0 Å². The van der Waals surface area contributed by atoms with E-state index in [-0.39, 0.29) is 11.8 Å². The van der Waals surface area contributed by atoms with Crippen LogP contribution in [0.1, 0.15) is 45.1 Å². The molecular weight excluding hydrogens is 210 g/mol. The fourth-order valence-electron chi connectivity index (χ4n) is 2.17. The molecule has 1 fully saturated rings. The average Bonchev–Trinajstić information content (AvgIpc) is 3.06. The van der Waals surface area contributed by atoms with Gasteiger partial charge < -0.3 is 5.32 Å². The molecule has 1 aliphatic carbocycles. The first kappa shape index (κ1) is 12.2. The van der Waals surface area contributed by atoms with Crippen molar-refractivity contribution in [1.82, 2.24) is 0 Å². The smallest absolute Gasteiger partial charge is 0.227 e. The van der Waals surface area contributed by atoms with Gasteiger partial charge in [-0.05, 0) is 36.3 Å². The molecule has 2 heteroatoms. The zero-order chi connectivity index (χ0) is 12.4. The SMILES string of the molecule is CC[C@H](C)c1ccccc1NC(=O)[C@@H]1C[C@H]1C. The molecule has 0 heterocycles. The summed E-state index contributed by atoms with van der Waals surface area (Å²) < 4.78 is 0. The van der Waals surface area contributed by atoms with Gasteiger partial charge in [0.05, 0.1) is 0 Å². The largest absolute Gasteiger partial charge is 0.326 e. The molecule has 0 radical (unpaired) electrons. The van der Waals surface area contributed by atoms with Gasteiger partial charge in [0.1, 0.15) is 0 Å². The van der Waals surface area contributed by atoms with Crippen LogP contribution in [0, 0.1) is 11.8 Å². The van der Waals surface area contributed by atoms with Gasteiger partial charge in [0.25, 0.3) is 0 Å². The van der Waals surface area contributed by atoms with Crippen LogP contribution in [0.5, 0.6) is 0 Å². The van der Waals surface area contributed by atoms with Crippen molar-refractivity contribution in [1.29, 1.82) is 0 Å². The number of amides is 1. The van der Waals surface area contributed by atoms with Crippen LogP contribution < -0.4 is 5.32 Å². The van der Waals surface area contributed by atoms with Crippen LogP contribution in [0.15, 0.2) is 24.3 Å². The highest BCUT2D eigenvalue weighted by Crippen LogP contribution is 2.39. The van der Waals surface area contributed by atoms with Gasteiger partial charge in [0, 0.05) is 11.6 Å². The maximum Gasteiger partial charge on any atom is 0.227 e. The zero-order valence-corrected chi connectivity index (χ0v) is 10.9. The summed E-state index contributed by atoms with van der Waals surface area (Å²) in [6, 6.07) is 8.14. The summed E-state index contributed by atoms with van der Waals surface area (Å²) >= 11 is 0. The second-order valence-electron chi connectivity index (χ2n) is 5.21. The maximum atomic E-state index is 11.9. The Balaban J connectivity index is 2.12. The molecular formula is C15H21NO. The fraction of sp³-hybridized carbons (Fsp3) is 0.533. The zero-order valence-electron chi connectivity index (χ0n) is 10.9. The van der Waals surface area contributed by atoms with E-state index in [4.69, 9.17) is 0 Å². The van der Waals surface area contributed by atoms with Crippen molar-refractivity contribution in [2.75, 3.05) is 5.32 Å². The van der Waals surface area contributed by atoms with Crippen LogP contribution in [0.3, 0.4) is 0 Å². The van der Waals surface area contributed by atoms with E-state index in [0.29, 0.717) is 11.8 Å². The molecule has 2 rings (SSSR count). The second kappa shape index (κ2) is 4.91. The molecule has 1 N–H and O–H groups in total. The second-order valence-corrected chi connectivity index (χ2v) is 5.21. The standard InChI is InChI=1S/C15H21NO/c1-4-10(2)12-7-5-6-8-14(12)16-15(17)13-9-11(13)3/h5-8,10-11,13H,4,9H2,1-3H3,(H,16,17)/t10-,11+,13+/m0/s1. The summed E-state index contributed by atoms with van der Waals surface area (Å²) in [5, 5.41) is 3.08. The van der Waals surface area contributed by atoms with Gasteiger partial charge in [-0.3, -0.25) is 4.79 Å². The van der Waals surface area contributed by atoms with E-state index in [1.165, 1.54) is 5.56 Å². The summed E-state index contributed by atoms with van der Waals surface area (Å²) in [6.45, 7) is 6.50. The number of carbonyl (C=O) groups is 1. The molecule has 1 aromatic carbocycles. The lowest BCUT2D eigenvalue weighted by molar-refractivity contribution is -0.117. The maximum absolute atomic E-state index is 11.9. The highest BCUT2D eigenvalue weighted by atomic mass is 16.2. The Morgan fingerprint density at radius 3 is 2.71 bits per heavy atom. The summed E-state index contributed by atoms with van der Waals surface area (Å²) in [5.74, 6) is 1.47. The number of hydrogen-bond acceptors (Lipinski definition) is 1. The van der Waals surface area contributed by atoms with Gasteiger partial charge in [-0.2, -0.15) is 0 Å². The van der Waals surface area contributed by atoms with E-state index in [0.717, 1.165) is 18.5 Å². The average molecular weight is 231 g/mol. The van der Waals surface area contributed by atoms with Crippen LogP contribution in [-0.4, -0.2) is 5.91 Å². The molecule has 1 amide bonds. The van der Waals surface area contributed by atoms with Crippen molar-refractivity contribution in [3.05, 3.63) is 29.8 Å². The Hall–Kier alpha value is -1.31. The van der Waals surface area contributed by atoms with E-state index >= 15 is 0 Å². The first-order valence-corrected chi connectivity index (χ1v) is 6.53. The lowest BCUT2D eigenvalue weighted by atomic mass is 9.97. The Kier molecular flexibility index (Phi) is 3.51. The van der Waals surface area contributed by atoms with E-state index in [1.807, 2.05) is 18.2 Å². The molecule has 0 bridgehead atoms. The van der Waals surface area contributed by atoms with Crippen molar-refractivity contribution in [2.45, 2.75) is 39.5 Å². The van der Waals surface area contributed by atoms with Gasteiger partial charge in [-0.1, -0.05) is 39.0 Å². The van der Waals surface area contributed by atoms with Gasteiger partial charge in [0.2, 0.25) is 5.91 Å². The van der Waals surface area contributed by atoms with E-state index in [9.17, 15) is 4.79 Å². The van der Waals surface area contributed by atoms with Gasteiger partial charge in [-0.15, -0.1) is 0 Å². The summed E-state index contributed by atoms with van der Waals surface area (Å²) in [6.07, 6.45) is 2.13. The molecule has 17 heavy (non-hydrogen) atoms. The minimum absolute atomic E-state index is 0.188. The third-order valence-corrected chi connectivity index (χ3v) is 3.81. The van der Waals surface area contributed by atoms with Crippen LogP contribution in [0.25, 0.3) is 0 Å². The van der Waals surface area contributed by atoms with Crippen molar-refractivity contribution in [2.24, 2.45) is 11.8 Å². The number of benzene rings is 1. The van der Waals surface area contributed by atoms with Crippen LogP contribution >= 0.6 is 0 Å². The molecule has 0 spiro atoms. The molecule has 1 aliphatic rings. The van der Waals surface area contributed by atoms with Gasteiger partial charge >= 0.3 is 0 Å². The highest BCUT2D eigenvalue weighted by molar-refractivity contribution is 5.95. The Morgan fingerprint density at radius 2 is 2.12 bits per heavy atom. The molecule has 3 atom stereocenters. The number of carbonyl (C=O) groups excluding carboxylic acids is 1. The molecule has 0 saturated heterocycles. The summed E-state index contributed by atoms with van der Waals surface area (Å²) in [7, 11) is 0. The molecule has 0 aromatic heterocycles. The quantitative estimate of drug-likeness (QED) is 0.839. The van der Waals surface area contributed by atoms with Crippen LogP contribution in [-0.2, 0) is 4.79 Å². The van der Waals surface area contributed by atoms with Gasteiger partial charge in [-0.25, -0.2) is 0 Å². The number of anilines is 1. The minimum atomic E-state index is 0.188. The monoisotopic (exact) mass is 231 g/mol. The summed E-state index contributed by atoms with van der Waals surface area (Å²) in [4.78, 5) is 11.9. The van der Waals surface area contributed by atoms with Gasteiger partial charge in [0.15, 0.2) is 0 Å². The molecule has 92 valence electrons. The summed E-state index contributed by atoms with van der Waals surface area (Å²) in [5.41, 5.74) is 2.24. The Bertz CT molecular complexity index is 413. The van der Waals surface area contributed by atoms with E-state index in [1.54, 1.807) is 0 Å². The number of hydrogen-bond donors (Lipinski definition) is 1. The van der Waals surface area contributed by atoms with Crippen molar-refractivity contribution >= 4 is 11.6 Å². The Morgan fingerprint density at radius 1 is 1.47 bits per heavy atom. The third-order valence-electron chi connectivity index (χ3n) is 3.81. The first-order valence-electron chi connectivity index (χ1n) is 6.53. The normalized spacial score (nSPS) is 24.2.